The van der Waals surface area contributed by atoms with Crippen molar-refractivity contribution in [2.45, 2.75) is 58.4 Å². The van der Waals surface area contributed by atoms with Gasteiger partial charge in [0, 0.05) is 24.7 Å². The zero-order valence-corrected chi connectivity index (χ0v) is 12.7. The van der Waals surface area contributed by atoms with Crippen LogP contribution in [-0.2, 0) is 16.8 Å². The molecule has 2 aliphatic rings. The highest BCUT2D eigenvalue weighted by molar-refractivity contribution is 5.76. The molecular formula is C15H25N3O. The molecule has 1 amide bonds. The average molecular weight is 263 g/mol. The molecule has 0 unspecified atom stereocenters. The Bertz CT molecular complexity index is 472. The number of fused-ring (bicyclic) bond motifs is 2. The van der Waals surface area contributed by atoms with Crippen LogP contribution in [0.5, 0.6) is 0 Å². The lowest BCUT2D eigenvalue weighted by molar-refractivity contribution is -0.130. The summed E-state index contributed by atoms with van der Waals surface area (Å²) in [5.74, 6) is 0.603. The second-order valence-electron chi connectivity index (χ2n) is 5.80. The summed E-state index contributed by atoms with van der Waals surface area (Å²) >= 11 is 0. The van der Waals surface area contributed by atoms with Gasteiger partial charge in [-0.2, -0.15) is 5.10 Å². The summed E-state index contributed by atoms with van der Waals surface area (Å²) in [6, 6.07) is 2.21. The SMILES string of the molecule is CC.CC(C)c1cc2n(n1)CC(=O)N(C)CC21CC1. The Kier molecular flexibility index (Phi) is 3.70. The van der Waals surface area contributed by atoms with E-state index in [0.717, 1.165) is 12.2 Å². The third-order valence-electron chi connectivity index (χ3n) is 4.04. The molecule has 106 valence electrons. The van der Waals surface area contributed by atoms with Crippen LogP contribution in [-0.4, -0.2) is 34.2 Å². The van der Waals surface area contributed by atoms with Crippen molar-refractivity contribution in [3.05, 3.63) is 17.5 Å². The van der Waals surface area contributed by atoms with E-state index in [9.17, 15) is 4.79 Å². The largest absolute Gasteiger partial charge is 0.343 e. The third-order valence-corrected chi connectivity index (χ3v) is 4.04. The fraction of sp³-hybridized carbons (Fsp3) is 0.733. The van der Waals surface area contributed by atoms with Crippen molar-refractivity contribution in [3.8, 4) is 0 Å². The van der Waals surface area contributed by atoms with E-state index in [0.29, 0.717) is 12.5 Å². The fourth-order valence-electron chi connectivity index (χ4n) is 2.70. The van der Waals surface area contributed by atoms with Crippen LogP contribution in [0.2, 0.25) is 0 Å². The average Bonchev–Trinajstić information content (AvgIpc) is 3.04. The Labute approximate surface area is 115 Å². The minimum Gasteiger partial charge on any atom is -0.343 e. The molecule has 1 aliphatic heterocycles. The van der Waals surface area contributed by atoms with Crippen LogP contribution < -0.4 is 0 Å². The van der Waals surface area contributed by atoms with Gasteiger partial charge in [0.25, 0.3) is 0 Å². The summed E-state index contributed by atoms with van der Waals surface area (Å²) in [5.41, 5.74) is 2.60. The Morgan fingerprint density at radius 2 is 1.95 bits per heavy atom. The zero-order chi connectivity index (χ0) is 14.2. The minimum absolute atomic E-state index is 0.174. The normalized spacial score (nSPS) is 19.9. The van der Waals surface area contributed by atoms with Crippen LogP contribution >= 0.6 is 0 Å². The second kappa shape index (κ2) is 4.99. The molecule has 0 atom stereocenters. The topological polar surface area (TPSA) is 38.1 Å². The highest BCUT2D eigenvalue weighted by Crippen LogP contribution is 2.49. The van der Waals surface area contributed by atoms with Crippen LogP contribution in [0.4, 0.5) is 0 Å². The number of nitrogens with zero attached hydrogens (tertiary/aromatic N) is 3. The molecule has 4 nitrogen and oxygen atoms in total. The van der Waals surface area contributed by atoms with Crippen molar-refractivity contribution >= 4 is 5.91 Å². The van der Waals surface area contributed by atoms with Gasteiger partial charge in [0.15, 0.2) is 0 Å². The van der Waals surface area contributed by atoms with E-state index in [4.69, 9.17) is 0 Å². The molecule has 1 aliphatic carbocycles. The van der Waals surface area contributed by atoms with Gasteiger partial charge < -0.3 is 4.90 Å². The van der Waals surface area contributed by atoms with Crippen molar-refractivity contribution in [2.24, 2.45) is 0 Å². The van der Waals surface area contributed by atoms with Crippen LogP contribution in [0.25, 0.3) is 0 Å². The Hall–Kier alpha value is -1.32. The molecule has 0 radical (unpaired) electrons. The van der Waals surface area contributed by atoms with Gasteiger partial charge in [-0.25, -0.2) is 0 Å². The molecule has 2 heterocycles. The first-order chi connectivity index (χ1) is 9.02. The first-order valence-electron chi connectivity index (χ1n) is 7.34. The molecule has 1 saturated carbocycles. The maximum Gasteiger partial charge on any atom is 0.244 e. The van der Waals surface area contributed by atoms with Crippen molar-refractivity contribution < 1.29 is 4.79 Å². The number of hydrogen-bond acceptors (Lipinski definition) is 2. The number of aromatic nitrogens is 2. The van der Waals surface area contributed by atoms with Crippen LogP contribution in [0, 0.1) is 0 Å². The van der Waals surface area contributed by atoms with Gasteiger partial charge in [-0.05, 0) is 24.8 Å². The van der Waals surface area contributed by atoms with Gasteiger partial charge in [0.05, 0.1) is 5.69 Å². The van der Waals surface area contributed by atoms with Gasteiger partial charge >= 0.3 is 0 Å². The predicted octanol–water partition coefficient (Wildman–Crippen LogP) is 2.54. The minimum atomic E-state index is 0.174. The monoisotopic (exact) mass is 263 g/mol. The summed E-state index contributed by atoms with van der Waals surface area (Å²) in [6.07, 6.45) is 2.38. The van der Waals surface area contributed by atoms with E-state index in [1.807, 2.05) is 30.5 Å². The smallest absolute Gasteiger partial charge is 0.244 e. The maximum absolute atomic E-state index is 11.9. The lowest BCUT2D eigenvalue weighted by Gasteiger charge is -2.18. The van der Waals surface area contributed by atoms with E-state index >= 15 is 0 Å². The number of likely N-dealkylation sites (N-methyl/N-ethyl adjacent to an activating group) is 1. The van der Waals surface area contributed by atoms with Crippen molar-refractivity contribution in [3.63, 3.8) is 0 Å². The molecule has 0 aromatic carbocycles. The lowest BCUT2D eigenvalue weighted by atomic mass is 10.0. The van der Waals surface area contributed by atoms with Gasteiger partial charge in [0.1, 0.15) is 6.54 Å². The molecule has 1 spiro atoms. The molecule has 19 heavy (non-hydrogen) atoms. The van der Waals surface area contributed by atoms with Gasteiger partial charge in [-0.15, -0.1) is 0 Å². The highest BCUT2D eigenvalue weighted by atomic mass is 16.2. The third kappa shape index (κ3) is 2.40. The molecule has 3 rings (SSSR count). The molecular weight excluding hydrogens is 238 g/mol. The number of amides is 1. The van der Waals surface area contributed by atoms with E-state index in [2.05, 4.69) is 25.0 Å². The summed E-state index contributed by atoms with van der Waals surface area (Å²) in [4.78, 5) is 13.8. The molecule has 0 N–H and O–H groups in total. The quantitative estimate of drug-likeness (QED) is 0.781. The number of rotatable bonds is 1. The van der Waals surface area contributed by atoms with Gasteiger partial charge in [-0.3, -0.25) is 9.48 Å². The van der Waals surface area contributed by atoms with E-state index in [1.165, 1.54) is 18.5 Å². The summed E-state index contributed by atoms with van der Waals surface area (Å²) in [6.45, 7) is 9.56. The van der Waals surface area contributed by atoms with Crippen molar-refractivity contribution in [1.29, 1.82) is 0 Å². The fourth-order valence-corrected chi connectivity index (χ4v) is 2.70. The second-order valence-corrected chi connectivity index (χ2v) is 5.80. The Balaban J connectivity index is 0.000000637. The lowest BCUT2D eigenvalue weighted by Crippen LogP contribution is -2.32. The summed E-state index contributed by atoms with van der Waals surface area (Å²) in [7, 11) is 1.90. The summed E-state index contributed by atoms with van der Waals surface area (Å²) < 4.78 is 1.94. The highest BCUT2D eigenvalue weighted by Gasteiger charge is 2.50. The molecule has 0 bridgehead atoms. The van der Waals surface area contributed by atoms with Gasteiger partial charge in [-0.1, -0.05) is 27.7 Å². The first kappa shape index (κ1) is 14.1. The Morgan fingerprint density at radius 3 is 2.47 bits per heavy atom. The molecule has 4 heteroatoms. The number of hydrogen-bond donors (Lipinski definition) is 0. The maximum atomic E-state index is 11.9. The van der Waals surface area contributed by atoms with Crippen LogP contribution in [0.15, 0.2) is 6.07 Å². The van der Waals surface area contributed by atoms with Gasteiger partial charge in [0.2, 0.25) is 5.91 Å². The van der Waals surface area contributed by atoms with E-state index < -0.39 is 0 Å². The van der Waals surface area contributed by atoms with E-state index in [-0.39, 0.29) is 11.3 Å². The summed E-state index contributed by atoms with van der Waals surface area (Å²) in [5, 5.41) is 4.60. The Morgan fingerprint density at radius 1 is 1.32 bits per heavy atom. The van der Waals surface area contributed by atoms with Crippen molar-refractivity contribution in [2.75, 3.05) is 13.6 Å². The number of carbonyl (C=O) groups is 1. The zero-order valence-electron chi connectivity index (χ0n) is 12.7. The molecule has 1 aromatic rings. The van der Waals surface area contributed by atoms with Crippen LogP contribution in [0.3, 0.4) is 0 Å². The van der Waals surface area contributed by atoms with Crippen LogP contribution in [0.1, 0.15) is 57.8 Å². The molecule has 0 saturated heterocycles. The number of carbonyl (C=O) groups excluding carboxylic acids is 1. The van der Waals surface area contributed by atoms with E-state index in [1.54, 1.807) is 0 Å². The standard InChI is InChI=1S/C13H19N3O.C2H6/c1-9(2)10-6-11-13(4-5-13)8-15(3)12(17)7-16(11)14-10;1-2/h6,9H,4-5,7-8H2,1-3H3;1-2H3. The predicted molar refractivity (Wildman–Crippen MR) is 76.2 cm³/mol. The molecule has 1 fully saturated rings. The van der Waals surface area contributed by atoms with Crippen molar-refractivity contribution in [1.82, 2.24) is 14.7 Å². The molecule has 1 aromatic heterocycles. The first-order valence-corrected chi connectivity index (χ1v) is 7.34.